The summed E-state index contributed by atoms with van der Waals surface area (Å²) in [6.07, 6.45) is 1.37. The van der Waals surface area contributed by atoms with E-state index in [1.807, 2.05) is 13.8 Å². The van der Waals surface area contributed by atoms with Crippen LogP contribution < -0.4 is 5.32 Å². The number of anilines is 1. The Bertz CT molecular complexity index is 1050. The van der Waals surface area contributed by atoms with E-state index in [-0.39, 0.29) is 31.2 Å². The summed E-state index contributed by atoms with van der Waals surface area (Å²) in [5, 5.41) is 12.0. The number of carbonyl (C=O) groups excluding carboxylic acids is 1. The largest absolute Gasteiger partial charge is 0.478 e. The predicted octanol–water partition coefficient (Wildman–Crippen LogP) is 4.86. The summed E-state index contributed by atoms with van der Waals surface area (Å²) in [6, 6.07) is 8.25. The Hall–Kier alpha value is -1.94. The van der Waals surface area contributed by atoms with Crippen molar-refractivity contribution < 1.29 is 23.1 Å². The van der Waals surface area contributed by atoms with E-state index in [1.54, 1.807) is 0 Å². The molecule has 1 amide bonds. The minimum Gasteiger partial charge on any atom is -0.478 e. The monoisotopic (exact) mass is 516 g/mol. The first-order valence-electron chi connectivity index (χ1n) is 9.25. The lowest BCUT2D eigenvalue weighted by molar-refractivity contribution is 0.0698. The van der Waals surface area contributed by atoms with Crippen molar-refractivity contribution >= 4 is 55.1 Å². The van der Waals surface area contributed by atoms with Crippen molar-refractivity contribution in [3.8, 4) is 0 Å². The van der Waals surface area contributed by atoms with Crippen LogP contribution in [0.3, 0.4) is 0 Å². The topological polar surface area (TPSA) is 104 Å². The van der Waals surface area contributed by atoms with Gasteiger partial charge in [0, 0.05) is 28.1 Å². The smallest absolute Gasteiger partial charge is 0.337 e. The Morgan fingerprint density at radius 2 is 1.73 bits per heavy atom. The van der Waals surface area contributed by atoms with E-state index in [9.17, 15) is 23.1 Å². The van der Waals surface area contributed by atoms with Gasteiger partial charge in [0.2, 0.25) is 10.0 Å². The maximum Gasteiger partial charge on any atom is 0.337 e. The van der Waals surface area contributed by atoms with Crippen molar-refractivity contribution in [3.63, 3.8) is 0 Å². The van der Waals surface area contributed by atoms with E-state index in [1.165, 1.54) is 40.7 Å². The minimum atomic E-state index is -3.72. The SMILES string of the molecule is CCCN(CCC)S(=O)(=O)c1ccc(C(=O)Nc2ccc(Cl)cc2C(=O)O)cc1Br. The van der Waals surface area contributed by atoms with Gasteiger partial charge in [0.05, 0.1) is 16.1 Å². The van der Waals surface area contributed by atoms with E-state index < -0.39 is 21.9 Å². The van der Waals surface area contributed by atoms with E-state index in [4.69, 9.17) is 11.6 Å². The molecule has 0 saturated carbocycles. The summed E-state index contributed by atoms with van der Waals surface area (Å²) in [5.41, 5.74) is 0.107. The van der Waals surface area contributed by atoms with E-state index in [0.717, 1.165) is 0 Å². The van der Waals surface area contributed by atoms with Gasteiger partial charge in [-0.1, -0.05) is 25.4 Å². The highest BCUT2D eigenvalue weighted by atomic mass is 79.9. The molecule has 2 aromatic rings. The number of rotatable bonds is 9. The summed E-state index contributed by atoms with van der Waals surface area (Å²) in [6.45, 7) is 4.62. The number of amides is 1. The standard InChI is InChI=1S/C20H22BrClN2O5S/c1-3-9-24(10-4-2)30(28,29)18-8-5-13(11-16(18)21)19(25)23-17-7-6-14(22)12-15(17)20(26)27/h5-8,11-12H,3-4,9-10H2,1-2H3,(H,23,25)(H,26,27). The Morgan fingerprint density at radius 3 is 2.27 bits per heavy atom. The molecular formula is C20H22BrClN2O5S. The normalized spacial score (nSPS) is 11.5. The number of hydrogen-bond donors (Lipinski definition) is 2. The number of aromatic carboxylic acids is 1. The molecule has 0 atom stereocenters. The molecule has 0 aliphatic heterocycles. The van der Waals surface area contributed by atoms with Crippen LogP contribution in [0.4, 0.5) is 5.69 Å². The second-order valence-corrected chi connectivity index (χ2v) is 9.70. The Kier molecular flexibility index (Phi) is 8.42. The van der Waals surface area contributed by atoms with E-state index in [2.05, 4.69) is 21.2 Å². The van der Waals surface area contributed by atoms with Gasteiger partial charge < -0.3 is 10.4 Å². The highest BCUT2D eigenvalue weighted by Crippen LogP contribution is 2.28. The van der Waals surface area contributed by atoms with Crippen LogP contribution in [-0.4, -0.2) is 42.8 Å². The molecule has 10 heteroatoms. The molecule has 0 heterocycles. The third-order valence-electron chi connectivity index (χ3n) is 4.22. The van der Waals surface area contributed by atoms with Crippen LogP contribution in [0.25, 0.3) is 0 Å². The van der Waals surface area contributed by atoms with Crippen LogP contribution >= 0.6 is 27.5 Å². The molecule has 0 radical (unpaired) electrons. The molecular weight excluding hydrogens is 496 g/mol. The highest BCUT2D eigenvalue weighted by Gasteiger charge is 2.26. The van der Waals surface area contributed by atoms with Gasteiger partial charge in [0.15, 0.2) is 0 Å². The molecule has 30 heavy (non-hydrogen) atoms. The molecule has 0 saturated heterocycles. The van der Waals surface area contributed by atoms with Gasteiger partial charge in [-0.05, 0) is 65.2 Å². The molecule has 2 N–H and O–H groups in total. The lowest BCUT2D eigenvalue weighted by Crippen LogP contribution is -2.32. The fourth-order valence-electron chi connectivity index (χ4n) is 2.84. The second-order valence-electron chi connectivity index (χ2n) is 6.50. The minimum absolute atomic E-state index is 0.0682. The number of carboxylic acids is 1. The molecule has 7 nitrogen and oxygen atoms in total. The first-order chi connectivity index (χ1) is 14.1. The quantitative estimate of drug-likeness (QED) is 0.494. The van der Waals surface area contributed by atoms with Crippen molar-refractivity contribution in [2.75, 3.05) is 18.4 Å². The molecule has 2 rings (SSSR count). The van der Waals surface area contributed by atoms with E-state index >= 15 is 0 Å². The summed E-state index contributed by atoms with van der Waals surface area (Å²) >= 11 is 9.08. The Labute approximate surface area is 189 Å². The zero-order valence-corrected chi connectivity index (χ0v) is 19.6. The average Bonchev–Trinajstić information content (AvgIpc) is 2.68. The van der Waals surface area contributed by atoms with Gasteiger partial charge >= 0.3 is 5.97 Å². The van der Waals surface area contributed by atoms with Crippen LogP contribution in [-0.2, 0) is 10.0 Å². The lowest BCUT2D eigenvalue weighted by Gasteiger charge is -2.22. The summed E-state index contributed by atoms with van der Waals surface area (Å²) in [4.78, 5) is 24.1. The molecule has 162 valence electrons. The third-order valence-corrected chi connectivity index (χ3v) is 7.33. The second kappa shape index (κ2) is 10.4. The number of sulfonamides is 1. The number of halogens is 2. The molecule has 0 aromatic heterocycles. The van der Waals surface area contributed by atoms with Gasteiger partial charge in [-0.3, -0.25) is 4.79 Å². The zero-order valence-electron chi connectivity index (χ0n) is 16.5. The molecule has 0 bridgehead atoms. The summed E-state index contributed by atoms with van der Waals surface area (Å²) < 4.78 is 27.6. The number of benzene rings is 2. The first kappa shape index (κ1) is 24.3. The third kappa shape index (κ3) is 5.60. The number of carbonyl (C=O) groups is 2. The number of nitrogens with one attached hydrogen (secondary N) is 1. The fourth-order valence-corrected chi connectivity index (χ4v) is 5.67. The number of carboxylic acid groups (broad SMARTS) is 1. The summed E-state index contributed by atoms with van der Waals surface area (Å²) in [7, 11) is -3.72. The first-order valence-corrected chi connectivity index (χ1v) is 11.9. The van der Waals surface area contributed by atoms with Crippen molar-refractivity contribution in [1.82, 2.24) is 4.31 Å². The molecule has 0 aliphatic rings. The highest BCUT2D eigenvalue weighted by molar-refractivity contribution is 9.10. The van der Waals surface area contributed by atoms with Crippen molar-refractivity contribution in [2.24, 2.45) is 0 Å². The zero-order chi connectivity index (χ0) is 22.5. The van der Waals surface area contributed by atoms with Crippen LogP contribution in [0.1, 0.15) is 47.4 Å². The lowest BCUT2D eigenvalue weighted by atomic mass is 10.1. The molecule has 2 aromatic carbocycles. The van der Waals surface area contributed by atoms with Gasteiger partial charge in [0.25, 0.3) is 5.91 Å². The average molecular weight is 518 g/mol. The molecule has 0 spiro atoms. The molecule has 0 unspecified atom stereocenters. The Morgan fingerprint density at radius 1 is 1.10 bits per heavy atom. The van der Waals surface area contributed by atoms with Crippen molar-refractivity contribution in [1.29, 1.82) is 0 Å². The van der Waals surface area contributed by atoms with Crippen molar-refractivity contribution in [3.05, 3.63) is 57.0 Å². The fraction of sp³-hybridized carbons (Fsp3) is 0.300. The predicted molar refractivity (Wildman–Crippen MR) is 120 cm³/mol. The maximum absolute atomic E-state index is 13.0. The van der Waals surface area contributed by atoms with Gasteiger partial charge in [-0.25, -0.2) is 13.2 Å². The number of nitrogens with zero attached hydrogens (tertiary/aromatic N) is 1. The van der Waals surface area contributed by atoms with Gasteiger partial charge in [0.1, 0.15) is 0 Å². The van der Waals surface area contributed by atoms with Crippen LogP contribution in [0.15, 0.2) is 45.8 Å². The molecule has 0 fully saturated rings. The Balaban J connectivity index is 2.33. The van der Waals surface area contributed by atoms with Crippen LogP contribution in [0.2, 0.25) is 5.02 Å². The van der Waals surface area contributed by atoms with Crippen LogP contribution in [0.5, 0.6) is 0 Å². The van der Waals surface area contributed by atoms with E-state index in [0.29, 0.717) is 25.9 Å². The van der Waals surface area contributed by atoms with Crippen LogP contribution in [0, 0.1) is 0 Å². The van der Waals surface area contributed by atoms with Gasteiger partial charge in [-0.2, -0.15) is 4.31 Å². The van der Waals surface area contributed by atoms with Gasteiger partial charge in [-0.15, -0.1) is 0 Å². The summed E-state index contributed by atoms with van der Waals surface area (Å²) in [5.74, 6) is -1.81. The van der Waals surface area contributed by atoms with Crippen molar-refractivity contribution in [2.45, 2.75) is 31.6 Å². The molecule has 0 aliphatic carbocycles. The maximum atomic E-state index is 13.0. The number of hydrogen-bond acceptors (Lipinski definition) is 4.